The fourth-order valence-electron chi connectivity index (χ4n) is 1.91. The molecule has 0 atom stereocenters. The van der Waals surface area contributed by atoms with Crippen LogP contribution in [0.3, 0.4) is 0 Å². The predicted octanol–water partition coefficient (Wildman–Crippen LogP) is 1.85. The summed E-state index contributed by atoms with van der Waals surface area (Å²) in [5.41, 5.74) is 0.693. The molecule has 0 radical (unpaired) electrons. The van der Waals surface area contributed by atoms with Crippen LogP contribution in [0.4, 0.5) is 8.78 Å². The van der Waals surface area contributed by atoms with E-state index in [4.69, 9.17) is 14.6 Å². The maximum atomic E-state index is 12.9. The van der Waals surface area contributed by atoms with Gasteiger partial charge in [0.05, 0.1) is 0 Å². The first kappa shape index (κ1) is 16.2. The second-order valence-electron chi connectivity index (χ2n) is 4.49. The highest BCUT2D eigenvalue weighted by Crippen LogP contribution is 2.12. The van der Waals surface area contributed by atoms with Gasteiger partial charge in [-0.25, -0.2) is 8.78 Å². The Morgan fingerprint density at radius 3 is 2.26 bits per heavy atom. The SMILES string of the molecule is OC(O)O[SiH2]CCCCCCc1cc(F)cc(F)c1. The summed E-state index contributed by atoms with van der Waals surface area (Å²) in [6.45, 7) is -1.63. The van der Waals surface area contributed by atoms with Gasteiger partial charge in [-0.3, -0.25) is 0 Å². The number of unbranched alkanes of at least 4 members (excludes halogenated alkanes) is 3. The number of aryl methyl sites for hydroxylation is 1. The minimum Gasteiger partial charge on any atom is -0.379 e. The summed E-state index contributed by atoms with van der Waals surface area (Å²) < 4.78 is 30.5. The molecule has 0 amide bonds. The highest BCUT2D eigenvalue weighted by atomic mass is 28.2. The van der Waals surface area contributed by atoms with Crippen LogP contribution in [0.2, 0.25) is 6.04 Å². The van der Waals surface area contributed by atoms with E-state index in [1.54, 1.807) is 0 Å². The second-order valence-corrected chi connectivity index (χ2v) is 5.94. The molecule has 2 N–H and O–H groups in total. The van der Waals surface area contributed by atoms with Crippen LogP contribution in [0.25, 0.3) is 0 Å². The molecule has 3 nitrogen and oxygen atoms in total. The van der Waals surface area contributed by atoms with Gasteiger partial charge >= 0.3 is 0 Å². The molecule has 19 heavy (non-hydrogen) atoms. The van der Waals surface area contributed by atoms with Crippen LogP contribution in [0, 0.1) is 11.6 Å². The van der Waals surface area contributed by atoms with Crippen molar-refractivity contribution in [2.24, 2.45) is 0 Å². The molecule has 0 aliphatic rings. The Balaban J connectivity index is 2.04. The molecule has 0 saturated carbocycles. The second kappa shape index (κ2) is 9.14. The first-order valence-corrected chi connectivity index (χ1v) is 8.08. The normalized spacial score (nSPS) is 11.8. The van der Waals surface area contributed by atoms with E-state index in [1.807, 2.05) is 0 Å². The molecule has 108 valence electrons. The molecule has 6 heteroatoms. The lowest BCUT2D eigenvalue weighted by Crippen LogP contribution is -2.12. The van der Waals surface area contributed by atoms with Crippen molar-refractivity contribution in [1.82, 2.24) is 0 Å². The lowest BCUT2D eigenvalue weighted by Gasteiger charge is -2.05. The Hall–Kier alpha value is -0.823. The van der Waals surface area contributed by atoms with Gasteiger partial charge in [-0.2, -0.15) is 0 Å². The molecule has 0 aliphatic heterocycles. The Bertz CT molecular complexity index is 355. The molecule has 0 unspecified atom stereocenters. The van der Waals surface area contributed by atoms with E-state index in [1.165, 1.54) is 12.1 Å². The minimum atomic E-state index is -1.63. The number of hydrogen-bond donors (Lipinski definition) is 2. The average Bonchev–Trinajstić information content (AvgIpc) is 2.31. The summed E-state index contributed by atoms with van der Waals surface area (Å²) in [4.78, 5) is 0. The van der Waals surface area contributed by atoms with Gasteiger partial charge in [0, 0.05) is 6.07 Å². The molecule has 0 aromatic heterocycles. The smallest absolute Gasteiger partial charge is 0.256 e. The van der Waals surface area contributed by atoms with Crippen LogP contribution in [-0.2, 0) is 10.8 Å². The van der Waals surface area contributed by atoms with Crippen molar-refractivity contribution in [3.63, 3.8) is 0 Å². The first-order chi connectivity index (χ1) is 9.08. The van der Waals surface area contributed by atoms with Crippen molar-refractivity contribution in [3.8, 4) is 0 Å². The molecule has 0 heterocycles. The Labute approximate surface area is 114 Å². The third kappa shape index (κ3) is 8.04. The molecule has 0 bridgehead atoms. The molecule has 0 saturated heterocycles. The standard InChI is InChI=1S/C13H20F2O3Si/c14-11-7-10(8-12(15)9-11)5-3-1-2-4-6-19-18-13(16)17/h7-9,13,16-17H,1-6,19H2. The average molecular weight is 290 g/mol. The topological polar surface area (TPSA) is 49.7 Å². The van der Waals surface area contributed by atoms with Gasteiger partial charge < -0.3 is 14.6 Å². The van der Waals surface area contributed by atoms with Crippen molar-refractivity contribution in [3.05, 3.63) is 35.4 Å². The number of aliphatic hydroxyl groups is 2. The molecule has 0 spiro atoms. The number of aliphatic hydroxyl groups excluding tert-OH is 1. The maximum Gasteiger partial charge on any atom is 0.256 e. The Morgan fingerprint density at radius 1 is 1.00 bits per heavy atom. The van der Waals surface area contributed by atoms with Gasteiger partial charge in [0.25, 0.3) is 6.48 Å². The summed E-state index contributed by atoms with van der Waals surface area (Å²) in [7, 11) is -0.831. The third-order valence-electron chi connectivity index (χ3n) is 2.80. The van der Waals surface area contributed by atoms with E-state index in [0.717, 1.165) is 37.8 Å². The van der Waals surface area contributed by atoms with Crippen molar-refractivity contribution in [2.45, 2.75) is 44.6 Å². The predicted molar refractivity (Wildman–Crippen MR) is 71.2 cm³/mol. The number of rotatable bonds is 9. The zero-order chi connectivity index (χ0) is 14.1. The molecule has 0 fully saturated rings. The van der Waals surface area contributed by atoms with Crippen molar-refractivity contribution >= 4 is 9.76 Å². The summed E-state index contributed by atoms with van der Waals surface area (Å²) >= 11 is 0. The maximum absolute atomic E-state index is 12.9. The van der Waals surface area contributed by atoms with Gasteiger partial charge in [0.1, 0.15) is 11.6 Å². The van der Waals surface area contributed by atoms with E-state index in [0.29, 0.717) is 12.0 Å². The number of halogens is 2. The van der Waals surface area contributed by atoms with E-state index < -0.39 is 27.9 Å². The molecular formula is C13H20F2O3Si. The van der Waals surface area contributed by atoms with Crippen LogP contribution in [0.15, 0.2) is 18.2 Å². The lowest BCUT2D eigenvalue weighted by atomic mass is 10.1. The van der Waals surface area contributed by atoms with E-state index in [9.17, 15) is 8.78 Å². The zero-order valence-electron chi connectivity index (χ0n) is 10.8. The van der Waals surface area contributed by atoms with Gasteiger partial charge in [-0.15, -0.1) is 0 Å². The highest BCUT2D eigenvalue weighted by molar-refractivity contribution is 6.26. The summed E-state index contributed by atoms with van der Waals surface area (Å²) in [5, 5.41) is 16.9. The quantitative estimate of drug-likeness (QED) is 0.414. The number of hydrogen-bond acceptors (Lipinski definition) is 3. The van der Waals surface area contributed by atoms with Gasteiger partial charge in [0.15, 0.2) is 9.76 Å². The van der Waals surface area contributed by atoms with Crippen LogP contribution in [-0.4, -0.2) is 26.5 Å². The van der Waals surface area contributed by atoms with Crippen LogP contribution >= 0.6 is 0 Å². The Kier molecular flexibility index (Phi) is 7.81. The van der Waals surface area contributed by atoms with Crippen LogP contribution < -0.4 is 0 Å². The van der Waals surface area contributed by atoms with Crippen LogP contribution in [0.5, 0.6) is 0 Å². The van der Waals surface area contributed by atoms with Crippen molar-refractivity contribution in [2.75, 3.05) is 0 Å². The van der Waals surface area contributed by atoms with E-state index in [-0.39, 0.29) is 0 Å². The largest absolute Gasteiger partial charge is 0.379 e. The molecule has 0 aliphatic carbocycles. The monoisotopic (exact) mass is 290 g/mol. The summed E-state index contributed by atoms with van der Waals surface area (Å²) in [6, 6.07) is 4.52. The number of benzene rings is 1. The van der Waals surface area contributed by atoms with Gasteiger partial charge in [-0.05, 0) is 36.6 Å². The van der Waals surface area contributed by atoms with Gasteiger partial charge in [-0.1, -0.05) is 19.3 Å². The summed E-state index contributed by atoms with van der Waals surface area (Å²) in [5.74, 6) is -1.05. The van der Waals surface area contributed by atoms with Gasteiger partial charge in [0.2, 0.25) is 0 Å². The molecule has 1 rings (SSSR count). The van der Waals surface area contributed by atoms with Crippen molar-refractivity contribution in [1.29, 1.82) is 0 Å². The van der Waals surface area contributed by atoms with Crippen molar-refractivity contribution < 1.29 is 23.4 Å². The van der Waals surface area contributed by atoms with E-state index in [2.05, 4.69) is 0 Å². The highest BCUT2D eigenvalue weighted by Gasteiger charge is 2.01. The lowest BCUT2D eigenvalue weighted by molar-refractivity contribution is -0.180. The third-order valence-corrected chi connectivity index (χ3v) is 4.12. The van der Waals surface area contributed by atoms with E-state index >= 15 is 0 Å². The minimum absolute atomic E-state index is 0.527. The molecular weight excluding hydrogens is 270 g/mol. The molecule has 1 aromatic carbocycles. The van der Waals surface area contributed by atoms with Crippen LogP contribution in [0.1, 0.15) is 31.2 Å². The zero-order valence-corrected chi connectivity index (χ0v) is 12.2. The fourth-order valence-corrected chi connectivity index (χ4v) is 2.84. The molecule has 1 aromatic rings. The Morgan fingerprint density at radius 2 is 1.63 bits per heavy atom. The summed E-state index contributed by atoms with van der Waals surface area (Å²) in [6.07, 6.45) is 4.59. The fraction of sp³-hybridized carbons (Fsp3) is 0.538. The first-order valence-electron chi connectivity index (χ1n) is 6.50.